The van der Waals surface area contributed by atoms with Crippen LogP contribution in [0.15, 0.2) is 34.7 Å². The third-order valence-electron chi connectivity index (χ3n) is 3.15. The molecule has 2 N–H and O–H groups in total. The van der Waals surface area contributed by atoms with Crippen molar-refractivity contribution in [2.45, 2.75) is 12.5 Å². The average molecular weight is 230 g/mol. The lowest BCUT2D eigenvalue weighted by atomic mass is 10.2. The number of rotatable bonds is 1. The molecule has 2 heterocycles. The summed E-state index contributed by atoms with van der Waals surface area (Å²) in [6, 6.07) is 9.52. The molecule has 1 aromatic heterocycles. The summed E-state index contributed by atoms with van der Waals surface area (Å²) in [4.78, 5) is 13.9. The van der Waals surface area contributed by atoms with Crippen LogP contribution in [0.5, 0.6) is 0 Å². The average Bonchev–Trinajstić information content (AvgIpc) is 2.93. The Hall–Kier alpha value is -1.81. The van der Waals surface area contributed by atoms with Gasteiger partial charge in [0.05, 0.1) is 0 Å². The number of carbonyl (C=O) groups is 1. The number of carbonyl (C=O) groups excluding carboxylic acids is 1. The molecule has 4 nitrogen and oxygen atoms in total. The van der Waals surface area contributed by atoms with Gasteiger partial charge in [0, 0.05) is 24.5 Å². The number of amides is 1. The number of para-hydroxylation sites is 1. The van der Waals surface area contributed by atoms with Gasteiger partial charge < -0.3 is 15.1 Å². The molecule has 0 unspecified atom stereocenters. The Bertz CT molecular complexity index is 528. The number of likely N-dealkylation sites (tertiary alicyclic amines) is 1. The van der Waals surface area contributed by atoms with E-state index in [-0.39, 0.29) is 11.9 Å². The van der Waals surface area contributed by atoms with Crippen LogP contribution in [-0.4, -0.2) is 29.9 Å². The fourth-order valence-electron chi connectivity index (χ4n) is 2.21. The first-order chi connectivity index (χ1) is 8.24. The highest BCUT2D eigenvalue weighted by Crippen LogP contribution is 2.21. The van der Waals surface area contributed by atoms with E-state index in [9.17, 15) is 4.79 Å². The maximum atomic E-state index is 12.1. The number of fused-ring (bicyclic) bond motifs is 1. The van der Waals surface area contributed by atoms with Crippen molar-refractivity contribution in [2.75, 3.05) is 13.1 Å². The van der Waals surface area contributed by atoms with Crippen LogP contribution in [0, 0.1) is 0 Å². The van der Waals surface area contributed by atoms with Crippen LogP contribution in [-0.2, 0) is 0 Å². The highest BCUT2D eigenvalue weighted by molar-refractivity contribution is 5.96. The fourth-order valence-corrected chi connectivity index (χ4v) is 2.21. The minimum atomic E-state index is -0.0610. The molecule has 0 radical (unpaired) electrons. The van der Waals surface area contributed by atoms with Crippen LogP contribution in [0.2, 0.25) is 0 Å². The van der Waals surface area contributed by atoms with Crippen molar-refractivity contribution < 1.29 is 9.21 Å². The van der Waals surface area contributed by atoms with E-state index >= 15 is 0 Å². The third kappa shape index (κ3) is 1.80. The zero-order valence-corrected chi connectivity index (χ0v) is 9.43. The Balaban J connectivity index is 1.90. The Morgan fingerprint density at radius 3 is 2.94 bits per heavy atom. The largest absolute Gasteiger partial charge is 0.451 e. The molecular formula is C13H14N2O2. The van der Waals surface area contributed by atoms with Gasteiger partial charge in [-0.05, 0) is 18.6 Å². The van der Waals surface area contributed by atoms with Crippen LogP contribution in [0.1, 0.15) is 17.0 Å². The first kappa shape index (κ1) is 10.4. The summed E-state index contributed by atoms with van der Waals surface area (Å²) in [6.45, 7) is 1.34. The molecule has 1 saturated heterocycles. The minimum Gasteiger partial charge on any atom is -0.451 e. The molecule has 1 amide bonds. The van der Waals surface area contributed by atoms with Crippen LogP contribution >= 0.6 is 0 Å². The van der Waals surface area contributed by atoms with Gasteiger partial charge in [0.25, 0.3) is 5.91 Å². The third-order valence-corrected chi connectivity index (χ3v) is 3.15. The molecule has 1 aliphatic rings. The lowest BCUT2D eigenvalue weighted by Gasteiger charge is -2.13. The van der Waals surface area contributed by atoms with Gasteiger partial charge >= 0.3 is 0 Å². The van der Waals surface area contributed by atoms with Gasteiger partial charge in [-0.2, -0.15) is 0 Å². The van der Waals surface area contributed by atoms with Gasteiger partial charge in [0.2, 0.25) is 0 Å². The fraction of sp³-hybridized carbons (Fsp3) is 0.308. The summed E-state index contributed by atoms with van der Waals surface area (Å²) in [7, 11) is 0. The number of hydrogen-bond donors (Lipinski definition) is 1. The summed E-state index contributed by atoms with van der Waals surface area (Å²) in [5.74, 6) is 0.342. The number of furan rings is 1. The zero-order chi connectivity index (χ0) is 11.8. The molecule has 88 valence electrons. The van der Waals surface area contributed by atoms with Crippen LogP contribution in [0.25, 0.3) is 11.0 Å². The number of benzene rings is 1. The van der Waals surface area contributed by atoms with Crippen molar-refractivity contribution in [3.8, 4) is 0 Å². The second-order valence-electron chi connectivity index (χ2n) is 4.45. The first-order valence-corrected chi connectivity index (χ1v) is 5.77. The predicted octanol–water partition coefficient (Wildman–Crippen LogP) is 1.61. The Morgan fingerprint density at radius 2 is 2.24 bits per heavy atom. The van der Waals surface area contributed by atoms with E-state index < -0.39 is 0 Å². The minimum absolute atomic E-state index is 0.0610. The van der Waals surface area contributed by atoms with E-state index in [1.165, 1.54) is 0 Å². The quantitative estimate of drug-likeness (QED) is 0.809. The molecule has 3 rings (SSSR count). The molecule has 4 heteroatoms. The molecular weight excluding hydrogens is 216 g/mol. The molecule has 0 saturated carbocycles. The molecule has 1 aliphatic heterocycles. The molecule has 1 fully saturated rings. The second kappa shape index (κ2) is 3.89. The van der Waals surface area contributed by atoms with E-state index in [1.807, 2.05) is 24.3 Å². The van der Waals surface area contributed by atoms with Gasteiger partial charge in [0.15, 0.2) is 5.76 Å². The van der Waals surface area contributed by atoms with Gasteiger partial charge in [-0.1, -0.05) is 18.2 Å². The number of hydrogen-bond acceptors (Lipinski definition) is 3. The summed E-state index contributed by atoms with van der Waals surface area (Å²) in [5, 5.41) is 0.958. The summed E-state index contributed by atoms with van der Waals surface area (Å²) in [6.07, 6.45) is 0.867. The topological polar surface area (TPSA) is 59.5 Å². The lowest BCUT2D eigenvalue weighted by Crippen LogP contribution is -2.31. The van der Waals surface area contributed by atoms with Gasteiger partial charge in [0.1, 0.15) is 5.58 Å². The smallest absolute Gasteiger partial charge is 0.289 e. The highest BCUT2D eigenvalue weighted by Gasteiger charge is 2.26. The molecule has 1 atom stereocenters. The molecule has 1 aromatic carbocycles. The Kier molecular flexibility index (Phi) is 2.37. The highest BCUT2D eigenvalue weighted by atomic mass is 16.3. The maximum Gasteiger partial charge on any atom is 0.289 e. The Labute approximate surface area is 99.0 Å². The molecule has 17 heavy (non-hydrogen) atoms. The van der Waals surface area contributed by atoms with Crippen LogP contribution < -0.4 is 5.73 Å². The van der Waals surface area contributed by atoms with Crippen molar-refractivity contribution in [2.24, 2.45) is 5.73 Å². The van der Waals surface area contributed by atoms with Gasteiger partial charge in [-0.15, -0.1) is 0 Å². The van der Waals surface area contributed by atoms with E-state index in [1.54, 1.807) is 11.0 Å². The predicted molar refractivity (Wildman–Crippen MR) is 64.7 cm³/mol. The van der Waals surface area contributed by atoms with Crippen LogP contribution in [0.4, 0.5) is 0 Å². The van der Waals surface area contributed by atoms with E-state index in [4.69, 9.17) is 10.2 Å². The maximum absolute atomic E-state index is 12.1. The van der Waals surface area contributed by atoms with E-state index in [0.717, 1.165) is 23.9 Å². The van der Waals surface area contributed by atoms with Crippen molar-refractivity contribution in [1.82, 2.24) is 4.90 Å². The Morgan fingerprint density at radius 1 is 1.41 bits per heavy atom. The standard InChI is InChI=1S/C13H14N2O2/c14-10-5-6-15(8-10)13(16)12-7-9-3-1-2-4-11(9)17-12/h1-4,7,10H,5-6,8,14H2/t10-/m0/s1. The molecule has 2 aromatic rings. The number of nitrogens with two attached hydrogens (primary N) is 1. The summed E-state index contributed by atoms with van der Waals surface area (Å²) in [5.41, 5.74) is 6.54. The second-order valence-corrected chi connectivity index (χ2v) is 4.45. The van der Waals surface area contributed by atoms with Crippen molar-refractivity contribution in [3.05, 3.63) is 36.1 Å². The molecule has 0 spiro atoms. The van der Waals surface area contributed by atoms with Gasteiger partial charge in [-0.3, -0.25) is 4.79 Å². The van der Waals surface area contributed by atoms with Crippen molar-refractivity contribution in [1.29, 1.82) is 0 Å². The number of nitrogens with zero attached hydrogens (tertiary/aromatic N) is 1. The monoisotopic (exact) mass is 230 g/mol. The van der Waals surface area contributed by atoms with E-state index in [2.05, 4.69) is 0 Å². The lowest BCUT2D eigenvalue weighted by molar-refractivity contribution is 0.0761. The SMILES string of the molecule is N[C@H]1CCN(C(=O)c2cc3ccccc3o2)C1. The molecule has 0 aliphatic carbocycles. The first-order valence-electron chi connectivity index (χ1n) is 5.77. The van der Waals surface area contributed by atoms with E-state index in [0.29, 0.717) is 12.3 Å². The van der Waals surface area contributed by atoms with Crippen LogP contribution in [0.3, 0.4) is 0 Å². The normalized spacial score (nSPS) is 20.1. The summed E-state index contributed by atoms with van der Waals surface area (Å²) >= 11 is 0. The van der Waals surface area contributed by atoms with Crippen molar-refractivity contribution in [3.63, 3.8) is 0 Å². The summed E-state index contributed by atoms with van der Waals surface area (Å²) < 4.78 is 5.55. The van der Waals surface area contributed by atoms with Crippen molar-refractivity contribution >= 4 is 16.9 Å². The zero-order valence-electron chi connectivity index (χ0n) is 9.43. The van der Waals surface area contributed by atoms with Gasteiger partial charge in [-0.25, -0.2) is 0 Å². The molecule has 0 bridgehead atoms.